The summed E-state index contributed by atoms with van der Waals surface area (Å²) in [5, 5.41) is 21.2. The molecular formula is C15H20N4O. The number of rotatable bonds is 4. The Labute approximate surface area is 118 Å². The molecule has 1 aromatic carbocycles. The van der Waals surface area contributed by atoms with Gasteiger partial charge in [0.25, 0.3) is 0 Å². The van der Waals surface area contributed by atoms with Crippen LogP contribution in [0.15, 0.2) is 24.5 Å². The maximum atomic E-state index is 9.67. The Morgan fingerprint density at radius 1 is 1.45 bits per heavy atom. The minimum atomic E-state index is 0.332. The summed E-state index contributed by atoms with van der Waals surface area (Å²) in [6.07, 6.45) is 6.01. The van der Waals surface area contributed by atoms with Gasteiger partial charge in [0.05, 0.1) is 0 Å². The number of benzene rings is 1. The van der Waals surface area contributed by atoms with Crippen LogP contribution in [0.5, 0.6) is 5.75 Å². The van der Waals surface area contributed by atoms with Gasteiger partial charge in [0.2, 0.25) is 0 Å². The topological polar surface area (TPSA) is 63.0 Å². The first kappa shape index (κ1) is 13.1. The van der Waals surface area contributed by atoms with E-state index in [4.69, 9.17) is 0 Å². The molecule has 2 aromatic rings. The largest absolute Gasteiger partial charge is 0.508 e. The standard InChI is InChI=1S/C15H20N4O/c1-19-10-17-18-15(19)7-8-16-14-4-2-3-11-5-6-12(20)9-13(11)14/h5-6,9-10,14,16,20H,2-4,7-8H2,1H3. The maximum absolute atomic E-state index is 9.67. The Morgan fingerprint density at radius 3 is 3.15 bits per heavy atom. The molecule has 1 aliphatic rings. The van der Waals surface area contributed by atoms with Gasteiger partial charge in [-0.05, 0) is 42.5 Å². The molecule has 1 atom stereocenters. The van der Waals surface area contributed by atoms with Crippen LogP contribution in [-0.2, 0) is 19.9 Å². The highest BCUT2D eigenvalue weighted by molar-refractivity contribution is 5.38. The third-order valence-corrected chi connectivity index (χ3v) is 3.99. The van der Waals surface area contributed by atoms with E-state index in [0.717, 1.165) is 31.6 Å². The van der Waals surface area contributed by atoms with E-state index in [2.05, 4.69) is 15.5 Å². The zero-order chi connectivity index (χ0) is 13.9. The number of hydrogen-bond acceptors (Lipinski definition) is 4. The number of aryl methyl sites for hydroxylation is 2. The van der Waals surface area contributed by atoms with E-state index in [1.807, 2.05) is 23.7 Å². The van der Waals surface area contributed by atoms with Crippen LogP contribution in [0.25, 0.3) is 0 Å². The SMILES string of the molecule is Cn1cnnc1CCNC1CCCc2ccc(O)cc21. The summed E-state index contributed by atoms with van der Waals surface area (Å²) in [5.41, 5.74) is 2.60. The number of aromatic nitrogens is 3. The van der Waals surface area contributed by atoms with E-state index in [1.165, 1.54) is 17.5 Å². The van der Waals surface area contributed by atoms with Crippen molar-refractivity contribution in [3.63, 3.8) is 0 Å². The molecule has 0 aliphatic heterocycles. The van der Waals surface area contributed by atoms with Crippen LogP contribution in [0.1, 0.15) is 35.8 Å². The summed E-state index contributed by atoms with van der Waals surface area (Å²) < 4.78 is 1.95. The Hall–Kier alpha value is -1.88. The van der Waals surface area contributed by atoms with Crippen molar-refractivity contribution in [2.45, 2.75) is 31.7 Å². The number of fused-ring (bicyclic) bond motifs is 1. The van der Waals surface area contributed by atoms with Crippen molar-refractivity contribution in [3.8, 4) is 5.75 Å². The van der Waals surface area contributed by atoms with E-state index >= 15 is 0 Å². The minimum absolute atomic E-state index is 0.332. The molecule has 1 unspecified atom stereocenters. The lowest BCUT2D eigenvalue weighted by atomic mass is 9.87. The van der Waals surface area contributed by atoms with Gasteiger partial charge in [-0.3, -0.25) is 0 Å². The monoisotopic (exact) mass is 272 g/mol. The van der Waals surface area contributed by atoms with Crippen LogP contribution in [0.4, 0.5) is 0 Å². The van der Waals surface area contributed by atoms with Gasteiger partial charge in [-0.15, -0.1) is 10.2 Å². The first-order valence-corrected chi connectivity index (χ1v) is 7.12. The lowest BCUT2D eigenvalue weighted by molar-refractivity contribution is 0.446. The van der Waals surface area contributed by atoms with E-state index in [0.29, 0.717) is 11.8 Å². The highest BCUT2D eigenvalue weighted by Crippen LogP contribution is 2.31. The molecule has 1 aliphatic carbocycles. The fourth-order valence-corrected chi connectivity index (χ4v) is 2.89. The Morgan fingerprint density at radius 2 is 2.35 bits per heavy atom. The zero-order valence-corrected chi connectivity index (χ0v) is 11.7. The lowest BCUT2D eigenvalue weighted by Gasteiger charge is -2.26. The Balaban J connectivity index is 1.64. The minimum Gasteiger partial charge on any atom is -0.508 e. The molecule has 0 radical (unpaired) electrons. The number of phenols is 1. The summed E-state index contributed by atoms with van der Waals surface area (Å²) in [6, 6.07) is 6.05. The molecule has 3 rings (SSSR count). The third kappa shape index (κ3) is 2.67. The van der Waals surface area contributed by atoms with Gasteiger partial charge in [-0.2, -0.15) is 0 Å². The highest BCUT2D eigenvalue weighted by atomic mass is 16.3. The number of nitrogens with one attached hydrogen (secondary N) is 1. The van der Waals surface area contributed by atoms with Gasteiger partial charge in [0.15, 0.2) is 0 Å². The first-order valence-electron chi connectivity index (χ1n) is 7.12. The van der Waals surface area contributed by atoms with E-state index in [-0.39, 0.29) is 0 Å². The molecular weight excluding hydrogens is 252 g/mol. The maximum Gasteiger partial charge on any atom is 0.133 e. The molecule has 0 saturated carbocycles. The molecule has 2 N–H and O–H groups in total. The smallest absolute Gasteiger partial charge is 0.133 e. The molecule has 5 heteroatoms. The van der Waals surface area contributed by atoms with Gasteiger partial charge in [-0.1, -0.05) is 6.07 Å². The normalized spacial score (nSPS) is 17.9. The fourth-order valence-electron chi connectivity index (χ4n) is 2.89. The second-order valence-corrected chi connectivity index (χ2v) is 5.39. The Bertz CT molecular complexity index is 593. The predicted molar refractivity (Wildman–Crippen MR) is 76.5 cm³/mol. The molecule has 20 heavy (non-hydrogen) atoms. The van der Waals surface area contributed by atoms with Gasteiger partial charge in [0, 0.05) is 26.1 Å². The first-order chi connectivity index (χ1) is 9.74. The number of aromatic hydroxyl groups is 1. The van der Waals surface area contributed by atoms with E-state index in [9.17, 15) is 5.11 Å². The molecule has 106 valence electrons. The fraction of sp³-hybridized carbons (Fsp3) is 0.467. The molecule has 1 aromatic heterocycles. The van der Waals surface area contributed by atoms with Crippen LogP contribution >= 0.6 is 0 Å². The van der Waals surface area contributed by atoms with Crippen molar-refractivity contribution in [3.05, 3.63) is 41.5 Å². The second-order valence-electron chi connectivity index (χ2n) is 5.39. The number of phenolic OH excluding ortho intramolecular Hbond substituents is 1. The predicted octanol–water partition coefficient (Wildman–Crippen LogP) is 1.73. The molecule has 0 fully saturated rings. The van der Waals surface area contributed by atoms with Crippen LogP contribution < -0.4 is 5.32 Å². The number of hydrogen-bond donors (Lipinski definition) is 2. The van der Waals surface area contributed by atoms with Crippen molar-refractivity contribution in [2.24, 2.45) is 7.05 Å². The molecule has 0 saturated heterocycles. The van der Waals surface area contributed by atoms with Crippen molar-refractivity contribution in [1.29, 1.82) is 0 Å². The highest BCUT2D eigenvalue weighted by Gasteiger charge is 2.20. The van der Waals surface area contributed by atoms with Crippen molar-refractivity contribution in [1.82, 2.24) is 20.1 Å². The number of nitrogens with zero attached hydrogens (tertiary/aromatic N) is 3. The third-order valence-electron chi connectivity index (χ3n) is 3.99. The van der Waals surface area contributed by atoms with E-state index in [1.54, 1.807) is 12.4 Å². The molecule has 0 spiro atoms. The van der Waals surface area contributed by atoms with Crippen LogP contribution in [0, 0.1) is 0 Å². The molecule has 0 amide bonds. The van der Waals surface area contributed by atoms with Crippen molar-refractivity contribution >= 4 is 0 Å². The van der Waals surface area contributed by atoms with Gasteiger partial charge in [0.1, 0.15) is 17.9 Å². The quantitative estimate of drug-likeness (QED) is 0.889. The van der Waals surface area contributed by atoms with Gasteiger partial charge < -0.3 is 15.0 Å². The Kier molecular flexibility index (Phi) is 3.69. The lowest BCUT2D eigenvalue weighted by Crippen LogP contribution is -2.27. The van der Waals surface area contributed by atoms with Gasteiger partial charge in [-0.25, -0.2) is 0 Å². The molecule has 5 nitrogen and oxygen atoms in total. The van der Waals surface area contributed by atoms with E-state index < -0.39 is 0 Å². The summed E-state index contributed by atoms with van der Waals surface area (Å²) >= 11 is 0. The van der Waals surface area contributed by atoms with Crippen LogP contribution in [-0.4, -0.2) is 26.4 Å². The van der Waals surface area contributed by atoms with Crippen LogP contribution in [0.2, 0.25) is 0 Å². The zero-order valence-electron chi connectivity index (χ0n) is 11.7. The summed E-state index contributed by atoms with van der Waals surface area (Å²) in [4.78, 5) is 0. The van der Waals surface area contributed by atoms with Crippen molar-refractivity contribution in [2.75, 3.05) is 6.54 Å². The molecule has 1 heterocycles. The van der Waals surface area contributed by atoms with Gasteiger partial charge >= 0.3 is 0 Å². The summed E-state index contributed by atoms with van der Waals surface area (Å²) in [5.74, 6) is 1.34. The van der Waals surface area contributed by atoms with Crippen LogP contribution in [0.3, 0.4) is 0 Å². The second kappa shape index (κ2) is 5.63. The average molecular weight is 272 g/mol. The average Bonchev–Trinajstić information content (AvgIpc) is 2.85. The summed E-state index contributed by atoms with van der Waals surface area (Å²) in [6.45, 7) is 0.867. The summed E-state index contributed by atoms with van der Waals surface area (Å²) in [7, 11) is 1.96. The van der Waals surface area contributed by atoms with Crippen molar-refractivity contribution < 1.29 is 5.11 Å². The molecule has 0 bridgehead atoms.